The largest absolute Gasteiger partial charge is 0.462 e. The third-order valence-corrected chi connectivity index (χ3v) is 13.1. The van der Waals surface area contributed by atoms with E-state index >= 15 is 0 Å². The fourth-order valence-corrected chi connectivity index (χ4v) is 8.48. The van der Waals surface area contributed by atoms with Crippen LogP contribution in [0, 0.1) is 0 Å². The summed E-state index contributed by atoms with van der Waals surface area (Å²) in [5.41, 5.74) is 0. The van der Waals surface area contributed by atoms with Crippen molar-refractivity contribution in [3.63, 3.8) is 0 Å². The third kappa shape index (κ3) is 59.1. The summed E-state index contributed by atoms with van der Waals surface area (Å²) in [5.74, 6) is -0.898. The maximum atomic E-state index is 12.9. The molecule has 0 aromatic carbocycles. The first-order valence-electron chi connectivity index (χ1n) is 30.7. The van der Waals surface area contributed by atoms with Crippen molar-refractivity contribution in [3.8, 4) is 0 Å². The topological polar surface area (TPSA) is 78.9 Å². The van der Waals surface area contributed by atoms with E-state index in [1.807, 2.05) is 0 Å². The Morgan fingerprint density at radius 2 is 0.534 bits per heavy atom. The van der Waals surface area contributed by atoms with Gasteiger partial charge in [0.2, 0.25) is 0 Å². The average molecular weight is 1020 g/mol. The third-order valence-electron chi connectivity index (χ3n) is 13.1. The van der Waals surface area contributed by atoms with Gasteiger partial charge < -0.3 is 14.2 Å². The van der Waals surface area contributed by atoms with Crippen molar-refractivity contribution in [3.05, 3.63) is 97.2 Å². The summed E-state index contributed by atoms with van der Waals surface area (Å²) in [4.78, 5) is 38.1. The Morgan fingerprint density at radius 1 is 0.288 bits per heavy atom. The van der Waals surface area contributed by atoms with Crippen LogP contribution >= 0.6 is 0 Å². The van der Waals surface area contributed by atoms with Crippen molar-refractivity contribution in [2.45, 2.75) is 297 Å². The van der Waals surface area contributed by atoms with Crippen LogP contribution in [0.15, 0.2) is 97.2 Å². The summed E-state index contributed by atoms with van der Waals surface area (Å²) in [5, 5.41) is 0. The standard InChI is InChI=1S/C67H114O6/c1-4-7-10-13-16-19-21-23-25-27-29-31-32-33-34-36-37-39-41-43-45-48-51-54-57-60-66(69)72-63-64(62-71-65(68)59-56-53-50-47-18-15-12-9-6-3)73-67(70)61-58-55-52-49-46-44-42-40-38-35-30-28-26-24-22-20-17-14-11-8-5-2/h7,10,16,19,22-25,28-31,33-34,37,39,64H,4-6,8-9,11-15,17-18,20-21,26-27,32,35-36,38,40-63H2,1-3H3/b10-7-,19-16-,24-22-,25-23-,30-28-,31-29-,34-33-,39-37-. The van der Waals surface area contributed by atoms with Crippen molar-refractivity contribution in [1.82, 2.24) is 0 Å². The Labute approximate surface area is 451 Å². The molecule has 0 saturated heterocycles. The molecule has 0 radical (unpaired) electrons. The lowest BCUT2D eigenvalue weighted by Crippen LogP contribution is -2.30. The highest BCUT2D eigenvalue weighted by molar-refractivity contribution is 5.71. The highest BCUT2D eigenvalue weighted by Crippen LogP contribution is 2.15. The van der Waals surface area contributed by atoms with Gasteiger partial charge in [-0.3, -0.25) is 14.4 Å². The lowest BCUT2D eigenvalue weighted by atomic mass is 10.1. The molecule has 418 valence electrons. The van der Waals surface area contributed by atoms with Gasteiger partial charge in [0.05, 0.1) is 0 Å². The van der Waals surface area contributed by atoms with Crippen LogP contribution in [-0.2, 0) is 28.6 Å². The van der Waals surface area contributed by atoms with E-state index in [0.717, 1.165) is 116 Å². The van der Waals surface area contributed by atoms with E-state index in [4.69, 9.17) is 14.2 Å². The second-order valence-electron chi connectivity index (χ2n) is 20.2. The van der Waals surface area contributed by atoms with Crippen molar-refractivity contribution in [1.29, 1.82) is 0 Å². The van der Waals surface area contributed by atoms with Crippen molar-refractivity contribution in [2.75, 3.05) is 13.2 Å². The van der Waals surface area contributed by atoms with Crippen LogP contribution in [0.5, 0.6) is 0 Å². The lowest BCUT2D eigenvalue weighted by molar-refractivity contribution is -0.167. The van der Waals surface area contributed by atoms with Gasteiger partial charge in [0.15, 0.2) is 6.10 Å². The van der Waals surface area contributed by atoms with Crippen LogP contribution in [0.25, 0.3) is 0 Å². The number of rotatable bonds is 55. The van der Waals surface area contributed by atoms with Gasteiger partial charge in [-0.25, -0.2) is 0 Å². The van der Waals surface area contributed by atoms with Crippen LogP contribution in [0.4, 0.5) is 0 Å². The van der Waals surface area contributed by atoms with Crippen molar-refractivity contribution < 1.29 is 28.6 Å². The number of carbonyl (C=O) groups is 3. The Kier molecular flexibility index (Phi) is 57.8. The Hall–Kier alpha value is -3.67. The zero-order chi connectivity index (χ0) is 52.9. The molecule has 0 bridgehead atoms. The van der Waals surface area contributed by atoms with Crippen LogP contribution in [0.2, 0.25) is 0 Å². The molecule has 1 unspecified atom stereocenters. The summed E-state index contributed by atoms with van der Waals surface area (Å²) < 4.78 is 16.9. The molecule has 0 rings (SSSR count). The molecule has 0 aromatic heterocycles. The van der Waals surface area contributed by atoms with E-state index in [9.17, 15) is 14.4 Å². The fraction of sp³-hybridized carbons (Fsp3) is 0.716. The molecule has 0 aliphatic carbocycles. The van der Waals surface area contributed by atoms with E-state index in [1.165, 1.54) is 135 Å². The number of ether oxygens (including phenoxy) is 3. The SMILES string of the molecule is CC/C=C\C/C=C\C/C=C\C/C=C\C/C=C\C/C=C\CCCCCCCCC(=O)OCC(COC(=O)CCCCCCCCCCC)OC(=O)CCCCCCCCCCC/C=C\C/C=C\CCCCCCC. The quantitative estimate of drug-likeness (QED) is 0.0261. The summed E-state index contributed by atoms with van der Waals surface area (Å²) in [6.07, 6.45) is 81.2. The molecule has 0 aromatic rings. The molecule has 0 amide bonds. The Bertz CT molecular complexity index is 1440. The minimum Gasteiger partial charge on any atom is -0.462 e. The predicted octanol–water partition coefficient (Wildman–Crippen LogP) is 20.9. The normalized spacial score (nSPS) is 12.8. The summed E-state index contributed by atoms with van der Waals surface area (Å²) in [6.45, 7) is 6.50. The van der Waals surface area contributed by atoms with Gasteiger partial charge in [0.25, 0.3) is 0 Å². The molecule has 0 saturated carbocycles. The maximum absolute atomic E-state index is 12.9. The molecule has 6 nitrogen and oxygen atoms in total. The zero-order valence-corrected chi connectivity index (χ0v) is 47.9. The van der Waals surface area contributed by atoms with E-state index in [1.54, 1.807) is 0 Å². The first-order valence-corrected chi connectivity index (χ1v) is 30.7. The van der Waals surface area contributed by atoms with Gasteiger partial charge in [0, 0.05) is 19.3 Å². The highest BCUT2D eigenvalue weighted by atomic mass is 16.6. The second-order valence-corrected chi connectivity index (χ2v) is 20.2. The highest BCUT2D eigenvalue weighted by Gasteiger charge is 2.19. The molecule has 0 fully saturated rings. The first-order chi connectivity index (χ1) is 36.0. The minimum absolute atomic E-state index is 0.0825. The monoisotopic (exact) mass is 1010 g/mol. The van der Waals surface area contributed by atoms with Crippen LogP contribution in [-0.4, -0.2) is 37.2 Å². The molecule has 1 atom stereocenters. The van der Waals surface area contributed by atoms with Crippen molar-refractivity contribution in [2.24, 2.45) is 0 Å². The van der Waals surface area contributed by atoms with Gasteiger partial charge in [-0.1, -0.05) is 266 Å². The molecule has 0 N–H and O–H groups in total. The average Bonchev–Trinajstić information content (AvgIpc) is 3.39. The van der Waals surface area contributed by atoms with Gasteiger partial charge in [-0.15, -0.1) is 0 Å². The lowest BCUT2D eigenvalue weighted by Gasteiger charge is -2.18. The van der Waals surface area contributed by atoms with Crippen LogP contribution in [0.1, 0.15) is 290 Å². The van der Waals surface area contributed by atoms with Crippen LogP contribution < -0.4 is 0 Å². The summed E-state index contributed by atoms with van der Waals surface area (Å²) in [7, 11) is 0. The minimum atomic E-state index is -0.785. The fourth-order valence-electron chi connectivity index (χ4n) is 8.48. The molecule has 0 aliphatic rings. The summed E-state index contributed by atoms with van der Waals surface area (Å²) >= 11 is 0. The molecule has 0 heterocycles. The number of unbranched alkanes of at least 4 members (excludes halogenated alkanes) is 28. The number of carbonyl (C=O) groups excluding carboxylic acids is 3. The number of hydrogen-bond donors (Lipinski definition) is 0. The Morgan fingerprint density at radius 3 is 0.836 bits per heavy atom. The van der Waals surface area contributed by atoms with Gasteiger partial charge in [-0.05, 0) is 103 Å². The maximum Gasteiger partial charge on any atom is 0.306 e. The predicted molar refractivity (Wildman–Crippen MR) is 316 cm³/mol. The zero-order valence-electron chi connectivity index (χ0n) is 47.9. The Balaban J connectivity index is 4.29. The van der Waals surface area contributed by atoms with Crippen LogP contribution in [0.3, 0.4) is 0 Å². The number of allylic oxidation sites excluding steroid dienone is 16. The van der Waals surface area contributed by atoms with Gasteiger partial charge >= 0.3 is 17.9 Å². The summed E-state index contributed by atoms with van der Waals surface area (Å²) in [6, 6.07) is 0. The molecular formula is C67H114O6. The van der Waals surface area contributed by atoms with E-state index in [0.29, 0.717) is 19.3 Å². The first kappa shape index (κ1) is 69.3. The second kappa shape index (κ2) is 60.9. The van der Waals surface area contributed by atoms with E-state index < -0.39 is 6.10 Å². The molecule has 0 aliphatic heterocycles. The molecule has 73 heavy (non-hydrogen) atoms. The molecule has 0 spiro atoms. The van der Waals surface area contributed by atoms with E-state index in [-0.39, 0.29) is 31.1 Å². The van der Waals surface area contributed by atoms with Gasteiger partial charge in [0.1, 0.15) is 13.2 Å². The number of esters is 3. The van der Waals surface area contributed by atoms with E-state index in [2.05, 4.69) is 118 Å². The smallest absolute Gasteiger partial charge is 0.306 e. The number of hydrogen-bond acceptors (Lipinski definition) is 6. The molecule has 6 heteroatoms. The van der Waals surface area contributed by atoms with Gasteiger partial charge in [-0.2, -0.15) is 0 Å². The molecular weight excluding hydrogens is 901 g/mol. The van der Waals surface area contributed by atoms with Crippen molar-refractivity contribution >= 4 is 17.9 Å².